The monoisotopic (exact) mass is 561 g/mol. The van der Waals surface area contributed by atoms with E-state index in [2.05, 4.69) is 25.7 Å². The fourth-order valence-corrected chi connectivity index (χ4v) is 6.19. The van der Waals surface area contributed by atoms with E-state index < -0.39 is 12.0 Å². The summed E-state index contributed by atoms with van der Waals surface area (Å²) in [7, 11) is 1.49. The largest absolute Gasteiger partial charge is 0.496 e. The number of nitrogens with one attached hydrogen (secondary N) is 1. The van der Waals surface area contributed by atoms with Gasteiger partial charge < -0.3 is 15.8 Å². The number of likely N-dealkylation sites (tertiary alicyclic amines) is 1. The normalized spacial score (nSPS) is 23.5. The zero-order valence-electron chi connectivity index (χ0n) is 21.9. The lowest BCUT2D eigenvalue weighted by atomic mass is 9.86. The minimum Gasteiger partial charge on any atom is -0.496 e. The summed E-state index contributed by atoms with van der Waals surface area (Å²) in [6.07, 6.45) is -1.34. The molecule has 0 unspecified atom stereocenters. The Morgan fingerprint density at radius 3 is 2.62 bits per heavy atom. The van der Waals surface area contributed by atoms with Crippen molar-refractivity contribution in [3.63, 3.8) is 0 Å². The number of methoxy groups -OCH3 is 1. The number of aromatic nitrogens is 4. The van der Waals surface area contributed by atoms with Crippen LogP contribution >= 0.6 is 0 Å². The number of amides is 1. The van der Waals surface area contributed by atoms with Crippen LogP contribution in [-0.2, 0) is 17.5 Å². The first-order valence-electron chi connectivity index (χ1n) is 13.2. The van der Waals surface area contributed by atoms with Crippen LogP contribution in [0, 0.1) is 11.7 Å². The van der Waals surface area contributed by atoms with Gasteiger partial charge in [-0.1, -0.05) is 12.1 Å². The first kappa shape index (κ1) is 28.0. The van der Waals surface area contributed by atoms with Crippen LogP contribution in [0.2, 0.25) is 0 Å². The van der Waals surface area contributed by atoms with Crippen LogP contribution in [0.15, 0.2) is 42.5 Å². The summed E-state index contributed by atoms with van der Waals surface area (Å²) in [5, 5.41) is 13.4. The Balaban J connectivity index is 1.38. The number of rotatable bonds is 9. The van der Waals surface area contributed by atoms with E-state index in [1.54, 1.807) is 24.3 Å². The summed E-state index contributed by atoms with van der Waals surface area (Å²) in [6, 6.07) is 10.8. The van der Waals surface area contributed by atoms with Gasteiger partial charge in [-0.25, -0.2) is 4.39 Å². The Kier molecular flexibility index (Phi) is 8.04. The van der Waals surface area contributed by atoms with Crippen molar-refractivity contribution >= 4 is 5.91 Å². The molecule has 3 aromatic rings. The van der Waals surface area contributed by atoms with Crippen molar-refractivity contribution in [2.24, 2.45) is 11.7 Å². The minimum absolute atomic E-state index is 0.00257. The zero-order valence-corrected chi connectivity index (χ0v) is 21.9. The number of halogens is 4. The lowest BCUT2D eigenvalue weighted by Gasteiger charge is -2.31. The average molecular weight is 562 g/mol. The van der Waals surface area contributed by atoms with Gasteiger partial charge in [-0.15, -0.1) is 5.10 Å². The van der Waals surface area contributed by atoms with E-state index in [1.165, 1.54) is 25.3 Å². The molecule has 0 bridgehead atoms. The molecule has 0 spiro atoms. The highest BCUT2D eigenvalue weighted by Gasteiger charge is 2.41. The fourth-order valence-electron chi connectivity index (χ4n) is 6.19. The Morgan fingerprint density at radius 1 is 1.15 bits per heavy atom. The number of nitrogens with two attached hydrogens (primary N) is 1. The summed E-state index contributed by atoms with van der Waals surface area (Å²) in [6.45, 7) is 1.81. The number of alkyl halides is 3. The Labute approximate surface area is 228 Å². The van der Waals surface area contributed by atoms with Crippen molar-refractivity contribution in [3.05, 3.63) is 65.2 Å². The van der Waals surface area contributed by atoms with Crippen LogP contribution in [0.5, 0.6) is 5.75 Å². The number of primary amides is 1. The van der Waals surface area contributed by atoms with E-state index in [0.717, 1.165) is 37.8 Å². The molecule has 1 aromatic heterocycles. The highest BCUT2D eigenvalue weighted by atomic mass is 19.4. The third kappa shape index (κ3) is 5.80. The van der Waals surface area contributed by atoms with E-state index >= 15 is 0 Å². The standard InChI is InChI=1S/C27H31F4N7O2/c1-40-23-11-9-20(38-26(27(29,30)31)34-35-36-38)13-18(23)14-33-21-10-6-17(15-37-12-2-3-22(37)25(32)39)24(21)16-4-7-19(28)8-5-16/h4-5,7-9,11,13,17,21-22,24,33H,2-3,6,10,12,14-15H2,1H3,(H2,32,39)/t17-,21+,22+,24-/m1/s1. The van der Waals surface area contributed by atoms with Gasteiger partial charge in [0, 0.05) is 30.6 Å². The van der Waals surface area contributed by atoms with Gasteiger partial charge in [0.15, 0.2) is 0 Å². The van der Waals surface area contributed by atoms with Crippen LogP contribution in [0.25, 0.3) is 5.69 Å². The van der Waals surface area contributed by atoms with Gasteiger partial charge in [0.25, 0.3) is 5.82 Å². The molecular formula is C27H31F4N7O2. The molecule has 1 aliphatic carbocycles. The number of nitrogens with zero attached hydrogens (tertiary/aromatic N) is 5. The van der Waals surface area contributed by atoms with Crippen LogP contribution in [0.4, 0.5) is 17.6 Å². The molecule has 4 atom stereocenters. The second-order valence-corrected chi connectivity index (χ2v) is 10.4. The van der Waals surface area contributed by atoms with E-state index in [-0.39, 0.29) is 41.3 Å². The third-order valence-electron chi connectivity index (χ3n) is 7.99. The van der Waals surface area contributed by atoms with Gasteiger partial charge in [-0.3, -0.25) is 9.69 Å². The Morgan fingerprint density at radius 2 is 1.93 bits per heavy atom. The van der Waals surface area contributed by atoms with Crippen LogP contribution in [0.1, 0.15) is 48.6 Å². The summed E-state index contributed by atoms with van der Waals surface area (Å²) in [5.74, 6) is -1.12. The van der Waals surface area contributed by atoms with Gasteiger partial charge in [0.05, 0.1) is 18.8 Å². The van der Waals surface area contributed by atoms with Crippen molar-refractivity contribution in [1.82, 2.24) is 30.4 Å². The quantitative estimate of drug-likeness (QED) is 0.385. The maximum absolute atomic E-state index is 13.8. The average Bonchev–Trinajstić information content (AvgIpc) is 3.68. The highest BCUT2D eigenvalue weighted by molar-refractivity contribution is 5.80. The Bertz CT molecular complexity index is 1330. The van der Waals surface area contributed by atoms with Crippen LogP contribution < -0.4 is 15.8 Å². The van der Waals surface area contributed by atoms with Gasteiger partial charge in [-0.05, 0) is 84.5 Å². The number of tetrazole rings is 1. The molecule has 1 amide bonds. The van der Waals surface area contributed by atoms with Crippen molar-refractivity contribution in [1.29, 1.82) is 0 Å². The molecule has 2 aromatic carbocycles. The van der Waals surface area contributed by atoms with Crippen molar-refractivity contribution in [2.45, 2.75) is 56.4 Å². The highest BCUT2D eigenvalue weighted by Crippen LogP contribution is 2.42. The lowest BCUT2D eigenvalue weighted by molar-refractivity contribution is -0.146. The van der Waals surface area contributed by atoms with E-state index in [0.29, 0.717) is 29.1 Å². The number of hydrogen-bond donors (Lipinski definition) is 2. The molecular weight excluding hydrogens is 530 g/mol. The summed E-state index contributed by atoms with van der Waals surface area (Å²) < 4.78 is 60.1. The summed E-state index contributed by atoms with van der Waals surface area (Å²) in [5.41, 5.74) is 7.43. The molecule has 1 saturated carbocycles. The number of hydrogen-bond acceptors (Lipinski definition) is 7. The molecule has 1 saturated heterocycles. The minimum atomic E-state index is -4.72. The van der Waals surface area contributed by atoms with Crippen molar-refractivity contribution < 1.29 is 27.1 Å². The topological polar surface area (TPSA) is 111 Å². The van der Waals surface area contributed by atoms with Gasteiger partial charge >= 0.3 is 6.18 Å². The first-order valence-corrected chi connectivity index (χ1v) is 13.2. The number of carbonyl (C=O) groups excluding carboxylic acids is 1. The molecule has 2 fully saturated rings. The third-order valence-corrected chi connectivity index (χ3v) is 7.99. The molecule has 214 valence electrons. The maximum Gasteiger partial charge on any atom is 0.453 e. The predicted octanol–water partition coefficient (Wildman–Crippen LogP) is 3.43. The second-order valence-electron chi connectivity index (χ2n) is 10.4. The van der Waals surface area contributed by atoms with Crippen LogP contribution in [0.3, 0.4) is 0 Å². The molecule has 2 heterocycles. The SMILES string of the molecule is COc1ccc(-n2nnnc2C(F)(F)F)cc1CN[C@H]1CC[C@H](CN2CCC[C@H]2C(N)=O)[C@H]1c1ccc(F)cc1. The smallest absolute Gasteiger partial charge is 0.453 e. The molecule has 3 N–H and O–H groups in total. The molecule has 1 aliphatic heterocycles. The summed E-state index contributed by atoms with van der Waals surface area (Å²) in [4.78, 5) is 14.1. The first-order chi connectivity index (χ1) is 19.2. The van der Waals surface area contributed by atoms with Gasteiger partial charge in [0.1, 0.15) is 11.6 Å². The number of ether oxygens (including phenoxy) is 1. The fraction of sp³-hybridized carbons (Fsp3) is 0.481. The molecule has 13 heteroatoms. The molecule has 40 heavy (non-hydrogen) atoms. The van der Waals surface area contributed by atoms with Crippen LogP contribution in [-0.4, -0.2) is 63.3 Å². The summed E-state index contributed by atoms with van der Waals surface area (Å²) >= 11 is 0. The molecule has 0 radical (unpaired) electrons. The second kappa shape index (κ2) is 11.5. The number of carbonyl (C=O) groups is 1. The zero-order chi connectivity index (χ0) is 28.4. The van der Waals surface area contributed by atoms with E-state index in [1.807, 2.05) is 0 Å². The maximum atomic E-state index is 13.8. The number of benzene rings is 2. The van der Waals surface area contributed by atoms with Gasteiger partial charge in [0.2, 0.25) is 5.91 Å². The van der Waals surface area contributed by atoms with Crippen molar-refractivity contribution in [3.8, 4) is 11.4 Å². The lowest BCUT2D eigenvalue weighted by Crippen LogP contribution is -2.43. The molecule has 2 aliphatic rings. The van der Waals surface area contributed by atoms with E-state index in [9.17, 15) is 22.4 Å². The molecule has 9 nitrogen and oxygen atoms in total. The van der Waals surface area contributed by atoms with Gasteiger partial charge in [-0.2, -0.15) is 17.9 Å². The molecule has 5 rings (SSSR count). The predicted molar refractivity (Wildman–Crippen MR) is 137 cm³/mol. The Hall–Kier alpha value is -3.58. The van der Waals surface area contributed by atoms with E-state index in [4.69, 9.17) is 10.5 Å². The van der Waals surface area contributed by atoms with Crippen molar-refractivity contribution in [2.75, 3.05) is 20.2 Å².